The van der Waals surface area contributed by atoms with Crippen molar-refractivity contribution in [2.45, 2.75) is 6.92 Å². The first-order valence-corrected chi connectivity index (χ1v) is 9.19. The number of carbonyl (C=O) groups is 3. The molecule has 150 valence electrons. The Kier molecular flexibility index (Phi) is 4.93. The molecule has 1 fully saturated rings. The number of carbonyl (C=O) groups excluding carboxylic acids is 3. The Hall–Kier alpha value is -4.13. The first kappa shape index (κ1) is 19.2. The average molecular weight is 402 g/mol. The van der Waals surface area contributed by atoms with Crippen LogP contribution in [0.1, 0.15) is 21.7 Å². The smallest absolute Gasteiger partial charge is 0.337 e. The Balaban J connectivity index is 1.60. The van der Waals surface area contributed by atoms with Gasteiger partial charge in [-0.1, -0.05) is 24.3 Å². The number of furan rings is 1. The van der Waals surface area contributed by atoms with E-state index in [1.807, 2.05) is 13.0 Å². The molecule has 1 aliphatic rings. The van der Waals surface area contributed by atoms with Gasteiger partial charge in [-0.15, -0.1) is 0 Å². The highest BCUT2D eigenvalue weighted by atomic mass is 16.5. The van der Waals surface area contributed by atoms with Gasteiger partial charge in [-0.3, -0.25) is 15.0 Å². The number of hydrogen-bond donors (Lipinski definition) is 1. The lowest BCUT2D eigenvalue weighted by molar-refractivity contribution is -0.117. The molecule has 0 aliphatic carbocycles. The lowest BCUT2D eigenvalue weighted by atomic mass is 10.0. The maximum Gasteiger partial charge on any atom is 0.337 e. The fraction of sp³-hybridized carbons (Fsp3) is 0.0870. The van der Waals surface area contributed by atoms with Crippen LogP contribution in [0, 0.1) is 6.92 Å². The van der Waals surface area contributed by atoms with Gasteiger partial charge in [-0.2, -0.15) is 0 Å². The SMILES string of the molecule is COC(=O)c1ccc(-c2ccc(/C=C3/C(=O)NN(c4ccccc4)C3=O)o2)c(C)c1. The van der Waals surface area contributed by atoms with Gasteiger partial charge in [-0.25, -0.2) is 9.80 Å². The number of methoxy groups -OCH3 is 1. The number of hydrogen-bond acceptors (Lipinski definition) is 5. The maximum absolute atomic E-state index is 12.7. The monoisotopic (exact) mass is 402 g/mol. The lowest BCUT2D eigenvalue weighted by Crippen LogP contribution is -2.35. The molecule has 2 amide bonds. The number of hydrazine groups is 1. The second-order valence-corrected chi connectivity index (χ2v) is 6.70. The summed E-state index contributed by atoms with van der Waals surface area (Å²) >= 11 is 0. The van der Waals surface area contributed by atoms with E-state index < -0.39 is 17.8 Å². The number of aryl methyl sites for hydroxylation is 1. The highest BCUT2D eigenvalue weighted by Crippen LogP contribution is 2.28. The van der Waals surface area contributed by atoms with Crippen LogP contribution in [-0.2, 0) is 14.3 Å². The van der Waals surface area contributed by atoms with Crippen molar-refractivity contribution in [3.63, 3.8) is 0 Å². The Bertz CT molecular complexity index is 1180. The van der Waals surface area contributed by atoms with Crippen molar-refractivity contribution < 1.29 is 23.5 Å². The lowest BCUT2D eigenvalue weighted by Gasteiger charge is -2.13. The molecule has 3 aromatic rings. The Morgan fingerprint density at radius 1 is 1.07 bits per heavy atom. The summed E-state index contributed by atoms with van der Waals surface area (Å²) < 4.78 is 10.6. The maximum atomic E-state index is 12.7. The molecule has 0 spiro atoms. The van der Waals surface area contributed by atoms with E-state index in [1.54, 1.807) is 54.6 Å². The molecule has 4 rings (SSSR count). The fourth-order valence-electron chi connectivity index (χ4n) is 3.22. The van der Waals surface area contributed by atoms with E-state index in [-0.39, 0.29) is 5.57 Å². The van der Waals surface area contributed by atoms with Crippen molar-refractivity contribution in [2.75, 3.05) is 12.1 Å². The van der Waals surface area contributed by atoms with E-state index in [1.165, 1.54) is 18.2 Å². The molecule has 0 radical (unpaired) electrons. The van der Waals surface area contributed by atoms with Gasteiger partial charge in [0.1, 0.15) is 17.1 Å². The van der Waals surface area contributed by atoms with Crippen LogP contribution in [0.2, 0.25) is 0 Å². The van der Waals surface area contributed by atoms with Crippen molar-refractivity contribution >= 4 is 29.5 Å². The van der Waals surface area contributed by atoms with E-state index in [9.17, 15) is 14.4 Å². The molecule has 2 aromatic carbocycles. The number of para-hydroxylation sites is 1. The molecule has 1 N–H and O–H groups in total. The van der Waals surface area contributed by atoms with Crippen LogP contribution in [-0.4, -0.2) is 24.9 Å². The topological polar surface area (TPSA) is 88.9 Å². The van der Waals surface area contributed by atoms with Gasteiger partial charge < -0.3 is 9.15 Å². The zero-order chi connectivity index (χ0) is 21.3. The highest BCUT2D eigenvalue weighted by Gasteiger charge is 2.34. The second-order valence-electron chi connectivity index (χ2n) is 6.70. The van der Waals surface area contributed by atoms with E-state index in [4.69, 9.17) is 9.15 Å². The van der Waals surface area contributed by atoms with Crippen molar-refractivity contribution in [1.29, 1.82) is 0 Å². The van der Waals surface area contributed by atoms with E-state index in [0.717, 1.165) is 11.1 Å². The van der Waals surface area contributed by atoms with Crippen molar-refractivity contribution in [3.8, 4) is 11.3 Å². The number of nitrogens with zero attached hydrogens (tertiary/aromatic N) is 1. The summed E-state index contributed by atoms with van der Waals surface area (Å²) in [5, 5.41) is 1.20. The van der Waals surface area contributed by atoms with Gasteiger partial charge in [-0.05, 0) is 55.0 Å². The number of benzene rings is 2. The van der Waals surface area contributed by atoms with Crippen LogP contribution >= 0.6 is 0 Å². The molecule has 0 unspecified atom stereocenters. The number of ether oxygens (including phenoxy) is 1. The predicted octanol–water partition coefficient (Wildman–Crippen LogP) is 3.50. The largest absolute Gasteiger partial charge is 0.465 e. The summed E-state index contributed by atoms with van der Waals surface area (Å²) in [5.74, 6) is -0.442. The van der Waals surface area contributed by atoms with Gasteiger partial charge >= 0.3 is 5.97 Å². The molecule has 30 heavy (non-hydrogen) atoms. The predicted molar refractivity (Wildman–Crippen MR) is 110 cm³/mol. The minimum Gasteiger partial charge on any atom is -0.465 e. The molecular formula is C23H18N2O5. The van der Waals surface area contributed by atoms with Crippen LogP contribution in [0.25, 0.3) is 17.4 Å². The number of esters is 1. The quantitative estimate of drug-likeness (QED) is 0.410. The third-order valence-corrected chi connectivity index (χ3v) is 4.73. The van der Waals surface area contributed by atoms with Crippen LogP contribution < -0.4 is 10.4 Å². The summed E-state index contributed by atoms with van der Waals surface area (Å²) in [4.78, 5) is 36.7. The average Bonchev–Trinajstić information content (AvgIpc) is 3.33. The van der Waals surface area contributed by atoms with Crippen molar-refractivity contribution in [1.82, 2.24) is 5.43 Å². The molecule has 0 atom stereocenters. The Labute approximate surface area is 172 Å². The number of nitrogens with one attached hydrogen (secondary N) is 1. The fourth-order valence-corrected chi connectivity index (χ4v) is 3.22. The zero-order valence-electron chi connectivity index (χ0n) is 16.3. The molecule has 1 saturated heterocycles. The van der Waals surface area contributed by atoms with Crippen LogP contribution in [0.5, 0.6) is 0 Å². The van der Waals surface area contributed by atoms with Gasteiger partial charge in [0.05, 0.1) is 18.4 Å². The molecule has 1 aromatic heterocycles. The van der Waals surface area contributed by atoms with E-state index in [0.29, 0.717) is 22.8 Å². The normalized spacial score (nSPS) is 14.9. The summed E-state index contributed by atoms with van der Waals surface area (Å²) in [6, 6.07) is 17.4. The van der Waals surface area contributed by atoms with Crippen LogP contribution in [0.3, 0.4) is 0 Å². The van der Waals surface area contributed by atoms with Gasteiger partial charge in [0, 0.05) is 5.56 Å². The Morgan fingerprint density at radius 2 is 1.83 bits per heavy atom. The standard InChI is InChI=1S/C23H18N2O5/c1-14-12-15(23(28)29-2)8-10-18(14)20-11-9-17(30-20)13-19-21(26)24-25(22(19)27)16-6-4-3-5-7-16/h3-13H,1-2H3,(H,24,26)/b19-13-. The number of anilines is 1. The Morgan fingerprint density at radius 3 is 2.53 bits per heavy atom. The van der Waals surface area contributed by atoms with E-state index in [2.05, 4.69) is 5.43 Å². The molecular weight excluding hydrogens is 384 g/mol. The summed E-state index contributed by atoms with van der Waals surface area (Å²) in [5.41, 5.74) is 5.17. The molecule has 0 bridgehead atoms. The molecule has 1 aliphatic heterocycles. The zero-order valence-corrected chi connectivity index (χ0v) is 16.3. The van der Waals surface area contributed by atoms with Crippen molar-refractivity contribution in [3.05, 3.63) is 83.1 Å². The molecule has 7 nitrogen and oxygen atoms in total. The molecule has 0 saturated carbocycles. The third kappa shape index (κ3) is 3.48. The van der Waals surface area contributed by atoms with Crippen LogP contribution in [0.15, 0.2) is 70.7 Å². The minimum atomic E-state index is -0.500. The third-order valence-electron chi connectivity index (χ3n) is 4.73. The highest BCUT2D eigenvalue weighted by molar-refractivity contribution is 6.31. The first-order chi connectivity index (χ1) is 14.5. The number of rotatable bonds is 4. The minimum absolute atomic E-state index is 0.0162. The number of amides is 2. The van der Waals surface area contributed by atoms with Gasteiger partial charge in [0.15, 0.2) is 0 Å². The summed E-state index contributed by atoms with van der Waals surface area (Å²) in [6.07, 6.45) is 1.42. The second kappa shape index (κ2) is 7.71. The summed E-state index contributed by atoms with van der Waals surface area (Å²) in [7, 11) is 1.33. The van der Waals surface area contributed by atoms with Crippen molar-refractivity contribution in [2.24, 2.45) is 0 Å². The molecule has 2 heterocycles. The van der Waals surface area contributed by atoms with E-state index >= 15 is 0 Å². The first-order valence-electron chi connectivity index (χ1n) is 9.19. The van der Waals surface area contributed by atoms with Gasteiger partial charge in [0.2, 0.25) is 0 Å². The molecule has 7 heteroatoms. The summed E-state index contributed by atoms with van der Waals surface area (Å²) in [6.45, 7) is 1.86. The van der Waals surface area contributed by atoms with Crippen LogP contribution in [0.4, 0.5) is 5.69 Å². The van der Waals surface area contributed by atoms with Gasteiger partial charge in [0.25, 0.3) is 11.8 Å².